The smallest absolute Gasteiger partial charge is 0.276 e. The number of ether oxygens (including phenoxy) is 1. The molecule has 0 aromatic heterocycles. The first-order valence-electron chi connectivity index (χ1n) is 7.24. The second-order valence-electron chi connectivity index (χ2n) is 5.28. The van der Waals surface area contributed by atoms with E-state index in [0.717, 1.165) is 0 Å². The maximum absolute atomic E-state index is 12.3. The fourth-order valence-electron chi connectivity index (χ4n) is 2.27. The molecule has 4 N–H and O–H groups in total. The van der Waals surface area contributed by atoms with Crippen molar-refractivity contribution in [3.63, 3.8) is 0 Å². The number of sulfonamides is 1. The van der Waals surface area contributed by atoms with E-state index in [9.17, 15) is 13.5 Å². The van der Waals surface area contributed by atoms with Crippen LogP contribution >= 0.6 is 23.2 Å². The summed E-state index contributed by atoms with van der Waals surface area (Å²) in [5.74, 6) is -0.743. The molecule has 0 spiro atoms. The first-order valence-corrected chi connectivity index (χ1v) is 9.48. The highest BCUT2D eigenvalue weighted by molar-refractivity contribution is 7.89. The van der Waals surface area contributed by atoms with Crippen LogP contribution in [0.2, 0.25) is 10.0 Å². The van der Waals surface area contributed by atoms with Crippen LogP contribution in [0.3, 0.4) is 0 Å². The van der Waals surface area contributed by atoms with E-state index in [1.54, 1.807) is 24.3 Å². The summed E-state index contributed by atoms with van der Waals surface area (Å²) in [7, 11) is -3.98. The molecule has 136 valence electrons. The van der Waals surface area contributed by atoms with Crippen molar-refractivity contribution in [1.82, 2.24) is 4.83 Å². The molecular weight excluding hydrogens is 401 g/mol. The molecule has 3 rings (SSSR count). The van der Waals surface area contributed by atoms with Gasteiger partial charge in [0.1, 0.15) is 0 Å². The van der Waals surface area contributed by atoms with Crippen molar-refractivity contribution >= 4 is 38.9 Å². The zero-order valence-corrected chi connectivity index (χ0v) is 15.4. The van der Waals surface area contributed by atoms with E-state index in [0.29, 0.717) is 15.6 Å². The molecule has 0 radical (unpaired) electrons. The molecule has 7 nitrogen and oxygen atoms in total. The van der Waals surface area contributed by atoms with Gasteiger partial charge in [-0.05, 0) is 30.3 Å². The lowest BCUT2D eigenvalue weighted by atomic mass is 10.1. The van der Waals surface area contributed by atoms with E-state index >= 15 is 0 Å². The van der Waals surface area contributed by atoms with Gasteiger partial charge in [0, 0.05) is 15.6 Å². The van der Waals surface area contributed by atoms with Crippen molar-refractivity contribution < 1.29 is 18.3 Å². The summed E-state index contributed by atoms with van der Waals surface area (Å²) in [6, 6.07) is 12.2. The molecule has 1 aliphatic heterocycles. The number of hydrogen-bond donors (Lipinski definition) is 3. The predicted molar refractivity (Wildman–Crippen MR) is 98.3 cm³/mol. The second kappa shape index (κ2) is 7.06. The van der Waals surface area contributed by atoms with Crippen LogP contribution in [-0.2, 0) is 14.8 Å². The lowest BCUT2D eigenvalue weighted by Crippen LogP contribution is -2.22. The van der Waals surface area contributed by atoms with E-state index in [4.69, 9.17) is 33.7 Å². The Kier molecular flexibility index (Phi) is 4.99. The highest BCUT2D eigenvalue weighted by Crippen LogP contribution is 2.34. The number of nitrogens with zero attached hydrogens (tertiary/aromatic N) is 1. The third kappa shape index (κ3) is 3.57. The molecule has 10 heteroatoms. The lowest BCUT2D eigenvalue weighted by molar-refractivity contribution is 0.179. The van der Waals surface area contributed by atoms with Crippen LogP contribution in [-0.4, -0.2) is 19.2 Å². The van der Waals surface area contributed by atoms with Crippen LogP contribution in [0.4, 0.5) is 0 Å². The van der Waals surface area contributed by atoms with E-state index in [1.165, 1.54) is 24.3 Å². The van der Waals surface area contributed by atoms with E-state index in [1.807, 2.05) is 0 Å². The molecule has 1 heterocycles. The van der Waals surface area contributed by atoms with Gasteiger partial charge in [0.25, 0.3) is 10.0 Å². The van der Waals surface area contributed by atoms with Gasteiger partial charge < -0.3 is 15.6 Å². The minimum absolute atomic E-state index is 0.0455. The molecule has 0 aliphatic carbocycles. The molecule has 0 saturated carbocycles. The van der Waals surface area contributed by atoms with Crippen LogP contribution in [0.15, 0.2) is 70.2 Å². The van der Waals surface area contributed by atoms with Crippen molar-refractivity contribution in [3.05, 3.63) is 75.8 Å². The number of hydrazone groups is 1. The van der Waals surface area contributed by atoms with Crippen molar-refractivity contribution in [2.45, 2.75) is 11.0 Å². The summed E-state index contributed by atoms with van der Waals surface area (Å²) in [4.78, 5) is 2.01. The third-order valence-electron chi connectivity index (χ3n) is 3.57. The molecule has 2 aromatic rings. The van der Waals surface area contributed by atoms with Crippen molar-refractivity contribution in [1.29, 1.82) is 0 Å². The standard InChI is InChI=1S/C16H13Cl2N3O4S/c17-9-5-7-10(8-6-9)26(23,24)21-20-13-14(22)16(19)25-15(13)11-3-1-2-4-12(11)18/h1-8,15,21-22H,19H2/t15-/m1/s1. The quantitative estimate of drug-likeness (QED) is 0.666. The summed E-state index contributed by atoms with van der Waals surface area (Å²) < 4.78 is 30.1. The maximum atomic E-state index is 12.3. The number of halogens is 2. The third-order valence-corrected chi connectivity index (χ3v) is 5.39. The summed E-state index contributed by atoms with van der Waals surface area (Å²) in [5, 5.41) is 14.6. The molecule has 2 aromatic carbocycles. The fraction of sp³-hybridized carbons (Fsp3) is 0.0625. The van der Waals surface area contributed by atoms with Gasteiger partial charge in [0.2, 0.25) is 11.6 Å². The number of nitrogens with one attached hydrogen (secondary N) is 1. The zero-order chi connectivity index (χ0) is 18.9. The Balaban J connectivity index is 1.94. The van der Waals surface area contributed by atoms with Crippen LogP contribution in [0.25, 0.3) is 0 Å². The van der Waals surface area contributed by atoms with Gasteiger partial charge in [-0.2, -0.15) is 18.4 Å². The van der Waals surface area contributed by atoms with Crippen molar-refractivity contribution in [2.24, 2.45) is 10.8 Å². The zero-order valence-electron chi connectivity index (χ0n) is 13.1. The topological polar surface area (TPSA) is 114 Å². The molecule has 0 unspecified atom stereocenters. The minimum atomic E-state index is -3.98. The molecular formula is C16H13Cl2N3O4S. The summed E-state index contributed by atoms with van der Waals surface area (Å²) in [6.45, 7) is 0. The molecule has 1 atom stereocenters. The predicted octanol–water partition coefficient (Wildman–Crippen LogP) is 3.09. The molecule has 0 saturated heterocycles. The van der Waals surface area contributed by atoms with Crippen LogP contribution in [0, 0.1) is 0 Å². The summed E-state index contributed by atoms with van der Waals surface area (Å²) in [5.41, 5.74) is 5.98. The Morgan fingerprint density at radius 1 is 1.12 bits per heavy atom. The average Bonchev–Trinajstić information content (AvgIpc) is 2.88. The van der Waals surface area contributed by atoms with E-state index < -0.39 is 21.9 Å². The number of aliphatic hydroxyl groups is 1. The second-order valence-corrected chi connectivity index (χ2v) is 7.78. The molecule has 1 aliphatic rings. The van der Waals surface area contributed by atoms with Crippen LogP contribution in [0.5, 0.6) is 0 Å². The Hall–Kier alpha value is -2.42. The summed E-state index contributed by atoms with van der Waals surface area (Å²) in [6.07, 6.45) is -0.948. The first-order chi connectivity index (χ1) is 12.3. The van der Waals surface area contributed by atoms with Gasteiger partial charge in [-0.3, -0.25) is 0 Å². The maximum Gasteiger partial charge on any atom is 0.276 e. The van der Waals surface area contributed by atoms with Crippen molar-refractivity contribution in [3.8, 4) is 0 Å². The fourth-order valence-corrected chi connectivity index (χ4v) is 3.45. The number of rotatable bonds is 4. The van der Waals surface area contributed by atoms with Gasteiger partial charge >= 0.3 is 0 Å². The van der Waals surface area contributed by atoms with Crippen molar-refractivity contribution in [2.75, 3.05) is 0 Å². The van der Waals surface area contributed by atoms with E-state index in [2.05, 4.69) is 9.93 Å². The Labute approximate surface area is 159 Å². The lowest BCUT2D eigenvalue weighted by Gasteiger charge is -2.14. The molecule has 0 bridgehead atoms. The highest BCUT2D eigenvalue weighted by atomic mass is 35.5. The van der Waals surface area contributed by atoms with Gasteiger partial charge in [-0.25, -0.2) is 0 Å². The van der Waals surface area contributed by atoms with Gasteiger partial charge in [0.05, 0.1) is 4.90 Å². The largest absolute Gasteiger partial charge is 0.502 e. The van der Waals surface area contributed by atoms with Gasteiger partial charge in [0.15, 0.2) is 11.8 Å². The van der Waals surface area contributed by atoms with Crippen LogP contribution < -0.4 is 10.6 Å². The molecule has 0 fully saturated rings. The van der Waals surface area contributed by atoms with Gasteiger partial charge in [-0.15, -0.1) is 0 Å². The summed E-state index contributed by atoms with van der Waals surface area (Å²) >= 11 is 11.9. The SMILES string of the molecule is NC1=C(O)C(=NNS(=O)(=O)c2ccc(Cl)cc2)[C@@H](c2ccccc2Cl)O1. The number of aliphatic hydroxyl groups excluding tert-OH is 1. The minimum Gasteiger partial charge on any atom is -0.502 e. The Bertz CT molecular complexity index is 1000. The van der Waals surface area contributed by atoms with Crippen LogP contribution in [0.1, 0.15) is 11.7 Å². The number of benzene rings is 2. The Morgan fingerprint density at radius 2 is 1.77 bits per heavy atom. The highest BCUT2D eigenvalue weighted by Gasteiger charge is 2.35. The molecule has 26 heavy (non-hydrogen) atoms. The Morgan fingerprint density at radius 3 is 2.42 bits per heavy atom. The number of nitrogens with two attached hydrogens (primary N) is 1. The first kappa shape index (κ1) is 18.4. The normalized spacial score (nSPS) is 18.8. The monoisotopic (exact) mass is 413 g/mol. The van der Waals surface area contributed by atoms with Gasteiger partial charge in [-0.1, -0.05) is 41.4 Å². The molecule has 0 amide bonds. The van der Waals surface area contributed by atoms with E-state index in [-0.39, 0.29) is 16.5 Å². The number of hydrogen-bond acceptors (Lipinski definition) is 6. The average molecular weight is 414 g/mol.